The van der Waals surface area contributed by atoms with Crippen molar-refractivity contribution >= 4 is 62.5 Å². The highest BCUT2D eigenvalue weighted by atomic mass is 79.9. The van der Waals surface area contributed by atoms with E-state index in [0.717, 1.165) is 18.8 Å². The van der Waals surface area contributed by atoms with Crippen molar-refractivity contribution in [3.8, 4) is 5.75 Å². The first-order valence-electron chi connectivity index (χ1n) is 17.7. The third kappa shape index (κ3) is 6.61. The number of hydrogen-bond acceptors (Lipinski definition) is 7. The molecule has 2 bridgehead atoms. The van der Waals surface area contributed by atoms with Crippen LogP contribution in [-0.4, -0.2) is 94.0 Å². The molecule has 3 heterocycles. The van der Waals surface area contributed by atoms with E-state index in [0.29, 0.717) is 30.2 Å². The molecule has 3 aliphatic heterocycles. The van der Waals surface area contributed by atoms with Crippen molar-refractivity contribution in [2.75, 3.05) is 54.1 Å². The van der Waals surface area contributed by atoms with E-state index < -0.39 is 28.7 Å². The molecule has 1 spiro atoms. The number of fused-ring (bicyclic) bond motifs is 1. The Morgan fingerprint density at radius 3 is 2.02 bits per heavy atom. The van der Waals surface area contributed by atoms with Crippen LogP contribution in [0.1, 0.15) is 41.0 Å². The quantitative estimate of drug-likeness (QED) is 0.162. The van der Waals surface area contributed by atoms with Crippen molar-refractivity contribution < 1.29 is 24.2 Å². The van der Waals surface area contributed by atoms with E-state index >= 15 is 4.79 Å². The number of aliphatic hydroxyl groups is 1. The normalized spacial score (nSPS) is 25.7. The maximum atomic E-state index is 15.2. The summed E-state index contributed by atoms with van der Waals surface area (Å²) in [6.07, 6.45) is 3.92. The van der Waals surface area contributed by atoms with Crippen LogP contribution in [0.5, 0.6) is 5.75 Å². The van der Waals surface area contributed by atoms with Crippen molar-refractivity contribution in [2.45, 2.75) is 67.9 Å². The predicted octanol–water partition coefficient (Wildman–Crippen LogP) is 6.15. The molecule has 2 aromatic rings. The maximum Gasteiger partial charge on any atom is 0.251 e. The first-order valence-corrected chi connectivity index (χ1v) is 19.5. The van der Waals surface area contributed by atoms with E-state index in [-0.39, 0.29) is 53.4 Å². The molecule has 3 aliphatic rings. The zero-order chi connectivity index (χ0) is 36.3. The summed E-state index contributed by atoms with van der Waals surface area (Å²) in [5.41, 5.74) is 2.45. The molecule has 5 rings (SSSR count). The number of thioether (sulfide) groups is 1. The summed E-state index contributed by atoms with van der Waals surface area (Å²) in [5.74, 6) is -1.51. The summed E-state index contributed by atoms with van der Waals surface area (Å²) in [7, 11) is 0. The average molecular weight is 768 g/mol. The van der Waals surface area contributed by atoms with Crippen LogP contribution in [0, 0.1) is 17.8 Å². The molecule has 0 aromatic heterocycles. The minimum Gasteiger partial charge on any atom is -0.494 e. The van der Waals surface area contributed by atoms with Gasteiger partial charge in [-0.05, 0) is 81.6 Å². The average Bonchev–Trinajstić information content (AvgIpc) is 3.70. The lowest BCUT2D eigenvalue weighted by Gasteiger charge is -2.41. The summed E-state index contributed by atoms with van der Waals surface area (Å²) in [6.45, 7) is 20.4. The fourth-order valence-corrected chi connectivity index (χ4v) is 11.7. The molecule has 3 amide bonds. The number of carbonyl (C=O) groups excluding carboxylic acids is 3. The van der Waals surface area contributed by atoms with Gasteiger partial charge in [-0.1, -0.05) is 41.9 Å². The van der Waals surface area contributed by atoms with Crippen LogP contribution in [0.15, 0.2) is 73.8 Å². The van der Waals surface area contributed by atoms with E-state index in [1.54, 1.807) is 38.6 Å². The largest absolute Gasteiger partial charge is 0.494 e. The lowest BCUT2D eigenvalue weighted by molar-refractivity contribution is -0.142. The van der Waals surface area contributed by atoms with Gasteiger partial charge in [-0.25, -0.2) is 0 Å². The summed E-state index contributed by atoms with van der Waals surface area (Å²) < 4.78 is 4.75. The highest BCUT2D eigenvalue weighted by Gasteiger charge is 2.76. The van der Waals surface area contributed by atoms with Crippen LogP contribution in [0.3, 0.4) is 0 Å². The molecule has 9 nitrogen and oxygen atoms in total. The van der Waals surface area contributed by atoms with Crippen molar-refractivity contribution in [2.24, 2.45) is 17.8 Å². The topological polar surface area (TPSA) is 93.6 Å². The second-order valence-electron chi connectivity index (χ2n) is 13.5. The zero-order valence-electron chi connectivity index (χ0n) is 29.8. The van der Waals surface area contributed by atoms with Gasteiger partial charge in [-0.15, -0.1) is 24.9 Å². The second kappa shape index (κ2) is 15.9. The van der Waals surface area contributed by atoms with E-state index in [1.807, 2.05) is 69.3 Å². The van der Waals surface area contributed by atoms with Gasteiger partial charge in [0.05, 0.1) is 35.8 Å². The Kier molecular flexibility index (Phi) is 12.1. The van der Waals surface area contributed by atoms with Crippen LogP contribution in [0.25, 0.3) is 0 Å². The lowest BCUT2D eigenvalue weighted by Crippen LogP contribution is -2.59. The summed E-state index contributed by atoms with van der Waals surface area (Å²) in [6, 6.07) is 13.8. The van der Waals surface area contributed by atoms with Gasteiger partial charge in [0.25, 0.3) is 5.91 Å². The van der Waals surface area contributed by atoms with Crippen LogP contribution in [-0.2, 0) is 14.4 Å². The highest BCUT2D eigenvalue weighted by Crippen LogP contribution is 2.68. The number of nitrogens with zero attached hydrogens (tertiary/aromatic N) is 4. The molecule has 0 aliphatic carbocycles. The lowest BCUT2D eigenvalue weighted by atomic mass is 9.70. The Hall–Kier alpha value is -3.28. The number of likely N-dealkylation sites (tertiary alicyclic amines) is 1. The first kappa shape index (κ1) is 38.0. The molecule has 3 fully saturated rings. The molecule has 0 saturated carbocycles. The standard InChI is InChI=1S/C39H51BrN4O5S/c1-8-21-42(28-17-19-29(20-18-28)49-12-5)36(46)32-33-37(47)44(31(24-45)25(6)7)35(39(33)23-30(40)34(32)50-39)38(48)43(22-9-2)27-15-13-26(14-16-27)41(10-3)11-4/h8-9,13-20,25,30-35,45H,1-2,10-12,21-24H2,3-7H3/t30?,31-,32-,33-,34-,35?,39?/m0/s1. The number of halogens is 1. The summed E-state index contributed by atoms with van der Waals surface area (Å²) >= 11 is 5.50. The number of rotatable bonds is 16. The molecule has 3 unspecified atom stereocenters. The molecular weight excluding hydrogens is 716 g/mol. The second-order valence-corrected chi connectivity index (χ2v) is 16.2. The van der Waals surface area contributed by atoms with Crippen LogP contribution in [0.4, 0.5) is 17.1 Å². The summed E-state index contributed by atoms with van der Waals surface area (Å²) in [4.78, 5) is 52.1. The fourth-order valence-electron chi connectivity index (χ4n) is 8.16. The number of amides is 3. The number of benzene rings is 2. The molecule has 1 N–H and O–H groups in total. The van der Waals surface area contributed by atoms with Crippen molar-refractivity contribution in [3.63, 3.8) is 0 Å². The Bertz CT molecular complexity index is 1550. The van der Waals surface area contributed by atoms with Gasteiger partial charge in [-0.2, -0.15) is 0 Å². The van der Waals surface area contributed by atoms with Gasteiger partial charge in [0.2, 0.25) is 11.8 Å². The molecule has 270 valence electrons. The Morgan fingerprint density at radius 2 is 1.52 bits per heavy atom. The van der Waals surface area contributed by atoms with E-state index in [2.05, 4.69) is 47.8 Å². The Labute approximate surface area is 309 Å². The zero-order valence-corrected chi connectivity index (χ0v) is 32.2. The fraction of sp³-hybridized carbons (Fsp3) is 0.513. The van der Waals surface area contributed by atoms with Crippen molar-refractivity contribution in [1.82, 2.24) is 4.90 Å². The Balaban J connectivity index is 1.59. The van der Waals surface area contributed by atoms with Crippen LogP contribution < -0.4 is 19.4 Å². The van der Waals surface area contributed by atoms with E-state index in [9.17, 15) is 14.7 Å². The molecule has 11 heteroatoms. The molecular formula is C39H51BrN4O5S. The summed E-state index contributed by atoms with van der Waals surface area (Å²) in [5, 5.41) is 10.5. The highest BCUT2D eigenvalue weighted by molar-refractivity contribution is 9.09. The number of ether oxygens (including phenoxy) is 1. The number of aliphatic hydroxyl groups excluding tert-OH is 1. The third-order valence-electron chi connectivity index (χ3n) is 10.5. The molecule has 50 heavy (non-hydrogen) atoms. The smallest absolute Gasteiger partial charge is 0.251 e. The molecule has 2 aromatic carbocycles. The van der Waals surface area contributed by atoms with Gasteiger partial charge in [0, 0.05) is 53.3 Å². The number of carbonyl (C=O) groups is 3. The van der Waals surface area contributed by atoms with Gasteiger partial charge < -0.3 is 29.4 Å². The van der Waals surface area contributed by atoms with Crippen LogP contribution in [0.2, 0.25) is 0 Å². The third-order valence-corrected chi connectivity index (χ3v) is 13.7. The van der Waals surface area contributed by atoms with Gasteiger partial charge in [0.1, 0.15) is 11.8 Å². The van der Waals surface area contributed by atoms with Gasteiger partial charge >= 0.3 is 0 Å². The minimum absolute atomic E-state index is 0.0977. The van der Waals surface area contributed by atoms with Crippen molar-refractivity contribution in [1.29, 1.82) is 0 Å². The van der Waals surface area contributed by atoms with Gasteiger partial charge in [-0.3, -0.25) is 14.4 Å². The minimum atomic E-state index is -0.895. The van der Waals surface area contributed by atoms with E-state index in [4.69, 9.17) is 4.74 Å². The van der Waals surface area contributed by atoms with Crippen LogP contribution >= 0.6 is 27.7 Å². The molecule has 7 atom stereocenters. The maximum absolute atomic E-state index is 15.2. The van der Waals surface area contributed by atoms with E-state index in [1.165, 1.54) is 0 Å². The predicted molar refractivity (Wildman–Crippen MR) is 207 cm³/mol. The monoisotopic (exact) mass is 766 g/mol. The number of anilines is 3. The van der Waals surface area contributed by atoms with Gasteiger partial charge in [0.15, 0.2) is 0 Å². The molecule has 0 radical (unpaired) electrons. The Morgan fingerprint density at radius 1 is 0.980 bits per heavy atom. The molecule has 3 saturated heterocycles. The first-order chi connectivity index (χ1) is 24.0. The number of alkyl halides is 1. The SMILES string of the molecule is C=CCN(C(=O)C1N([C@@H](CO)C(C)C)C(=O)[C@@H]2[C@H](C(=O)N(CC=C)c3ccc(OCC)cc3)[C@H]3SC12CC3Br)c1ccc(N(CC)CC)cc1. The van der Waals surface area contributed by atoms with Crippen molar-refractivity contribution in [3.05, 3.63) is 73.8 Å². The number of hydrogen-bond donors (Lipinski definition) is 1.